The van der Waals surface area contributed by atoms with Crippen LogP contribution in [0.25, 0.3) is 0 Å². The molecule has 1 fully saturated rings. The van der Waals surface area contributed by atoms with Gasteiger partial charge in [0.05, 0.1) is 5.75 Å². The third kappa shape index (κ3) is 6.38. The maximum Gasteiger partial charge on any atom is 0.232 e. The molecule has 0 unspecified atom stereocenters. The molecule has 0 bridgehead atoms. The number of halogens is 1. The van der Waals surface area contributed by atoms with Gasteiger partial charge in [0.1, 0.15) is 0 Å². The Balaban J connectivity index is 2.19. The van der Waals surface area contributed by atoms with E-state index in [0.717, 1.165) is 19.1 Å². The lowest BCUT2D eigenvalue weighted by atomic mass is 10.3. The van der Waals surface area contributed by atoms with Crippen molar-refractivity contribution in [3.8, 4) is 0 Å². The minimum absolute atomic E-state index is 0.101. The van der Waals surface area contributed by atoms with E-state index < -0.39 is 9.05 Å². The molecule has 0 atom stereocenters. The van der Waals surface area contributed by atoms with Crippen LogP contribution in [-0.4, -0.2) is 38.2 Å². The van der Waals surface area contributed by atoms with Crippen molar-refractivity contribution in [3.63, 3.8) is 0 Å². The van der Waals surface area contributed by atoms with E-state index in [1.807, 2.05) is 0 Å². The summed E-state index contributed by atoms with van der Waals surface area (Å²) in [5, 5.41) is 0. The van der Waals surface area contributed by atoms with E-state index in [1.165, 1.54) is 25.7 Å². The number of rotatable bonds is 8. The van der Waals surface area contributed by atoms with Crippen molar-refractivity contribution >= 4 is 19.7 Å². The van der Waals surface area contributed by atoms with Crippen LogP contribution in [0.1, 0.15) is 39.0 Å². The predicted molar refractivity (Wildman–Crippen MR) is 63.8 cm³/mol. The fourth-order valence-electron chi connectivity index (χ4n) is 1.72. The summed E-state index contributed by atoms with van der Waals surface area (Å²) in [6.07, 6.45) is 5.60. The van der Waals surface area contributed by atoms with Gasteiger partial charge in [0.25, 0.3) is 0 Å². The summed E-state index contributed by atoms with van der Waals surface area (Å²) in [5.74, 6) is 0.101. The second kappa shape index (κ2) is 6.06. The van der Waals surface area contributed by atoms with E-state index in [9.17, 15) is 8.42 Å². The topological polar surface area (TPSA) is 37.4 Å². The Morgan fingerprint density at radius 2 is 1.87 bits per heavy atom. The number of hydrogen-bond acceptors (Lipinski definition) is 3. The largest absolute Gasteiger partial charge is 0.300 e. The summed E-state index contributed by atoms with van der Waals surface area (Å²) in [5.41, 5.74) is 0. The molecule has 0 aromatic heterocycles. The molecule has 0 aliphatic heterocycles. The van der Waals surface area contributed by atoms with Crippen LogP contribution in [-0.2, 0) is 9.05 Å². The Kier molecular flexibility index (Phi) is 5.36. The zero-order chi connectivity index (χ0) is 11.3. The molecule has 0 aromatic carbocycles. The third-order valence-corrected chi connectivity index (χ3v) is 3.93. The van der Waals surface area contributed by atoms with Gasteiger partial charge in [-0.25, -0.2) is 8.42 Å². The van der Waals surface area contributed by atoms with Crippen LogP contribution in [0.3, 0.4) is 0 Å². The van der Waals surface area contributed by atoms with E-state index in [2.05, 4.69) is 11.8 Å². The molecule has 15 heavy (non-hydrogen) atoms. The molecule has 0 radical (unpaired) electrons. The highest BCUT2D eigenvalue weighted by molar-refractivity contribution is 8.13. The lowest BCUT2D eigenvalue weighted by molar-refractivity contribution is 0.260. The smallest absolute Gasteiger partial charge is 0.232 e. The Morgan fingerprint density at radius 1 is 1.27 bits per heavy atom. The summed E-state index contributed by atoms with van der Waals surface area (Å²) in [7, 11) is 1.87. The first kappa shape index (κ1) is 13.3. The van der Waals surface area contributed by atoms with Crippen molar-refractivity contribution in [2.24, 2.45) is 0 Å². The summed E-state index contributed by atoms with van der Waals surface area (Å²) in [6, 6.07) is 0.717. The molecule has 1 saturated carbocycles. The maximum atomic E-state index is 10.8. The van der Waals surface area contributed by atoms with Crippen molar-refractivity contribution in [3.05, 3.63) is 0 Å². The van der Waals surface area contributed by atoms with E-state index in [-0.39, 0.29) is 5.75 Å². The van der Waals surface area contributed by atoms with Gasteiger partial charge in [0.2, 0.25) is 9.05 Å². The van der Waals surface area contributed by atoms with E-state index in [0.29, 0.717) is 6.42 Å². The molecule has 3 nitrogen and oxygen atoms in total. The average Bonchev–Trinajstić information content (AvgIpc) is 2.92. The van der Waals surface area contributed by atoms with Gasteiger partial charge in [-0.05, 0) is 38.8 Å². The minimum Gasteiger partial charge on any atom is -0.300 e. The van der Waals surface area contributed by atoms with E-state index in [1.54, 1.807) is 0 Å². The van der Waals surface area contributed by atoms with Crippen molar-refractivity contribution < 1.29 is 8.42 Å². The molecule has 1 rings (SSSR count). The zero-order valence-corrected chi connectivity index (χ0v) is 10.9. The summed E-state index contributed by atoms with van der Waals surface area (Å²) in [6.45, 7) is 4.15. The van der Waals surface area contributed by atoms with Crippen LogP contribution < -0.4 is 0 Å². The van der Waals surface area contributed by atoms with Crippen molar-refractivity contribution in [2.45, 2.75) is 45.1 Å². The van der Waals surface area contributed by atoms with Gasteiger partial charge in [-0.1, -0.05) is 13.3 Å². The third-order valence-electron chi connectivity index (χ3n) is 2.70. The molecule has 90 valence electrons. The Hall–Kier alpha value is 0.200. The molecule has 5 heteroatoms. The van der Waals surface area contributed by atoms with E-state index >= 15 is 0 Å². The summed E-state index contributed by atoms with van der Waals surface area (Å²) in [4.78, 5) is 2.41. The SMILES string of the molecule is CCCCN(CCCS(=O)(=O)Cl)C1CC1. The van der Waals surface area contributed by atoms with Crippen LogP contribution in [0.5, 0.6) is 0 Å². The number of hydrogen-bond donors (Lipinski definition) is 0. The van der Waals surface area contributed by atoms with Gasteiger partial charge >= 0.3 is 0 Å². The molecule has 0 heterocycles. The molecular formula is C10H20ClNO2S. The van der Waals surface area contributed by atoms with Gasteiger partial charge in [-0.2, -0.15) is 0 Å². The first-order valence-electron chi connectivity index (χ1n) is 5.69. The van der Waals surface area contributed by atoms with Gasteiger partial charge in [0.15, 0.2) is 0 Å². The van der Waals surface area contributed by atoms with Crippen LogP contribution in [0.4, 0.5) is 0 Å². The quantitative estimate of drug-likeness (QED) is 0.623. The van der Waals surface area contributed by atoms with Gasteiger partial charge < -0.3 is 4.90 Å². The van der Waals surface area contributed by atoms with Crippen molar-refractivity contribution in [1.29, 1.82) is 0 Å². The van der Waals surface area contributed by atoms with Crippen molar-refractivity contribution in [2.75, 3.05) is 18.8 Å². The molecule has 0 aromatic rings. The lowest BCUT2D eigenvalue weighted by Crippen LogP contribution is -2.29. The molecule has 0 saturated heterocycles. The Bertz CT molecular complexity index is 275. The second-order valence-electron chi connectivity index (χ2n) is 4.22. The Labute approximate surface area is 97.2 Å². The van der Waals surface area contributed by atoms with Gasteiger partial charge in [-0.3, -0.25) is 0 Å². The highest BCUT2D eigenvalue weighted by Gasteiger charge is 2.28. The van der Waals surface area contributed by atoms with Gasteiger partial charge in [-0.15, -0.1) is 0 Å². The number of nitrogens with zero attached hydrogens (tertiary/aromatic N) is 1. The molecule has 1 aliphatic rings. The first-order valence-corrected chi connectivity index (χ1v) is 8.17. The number of unbranched alkanes of at least 4 members (excludes halogenated alkanes) is 1. The Morgan fingerprint density at radius 3 is 2.33 bits per heavy atom. The first-order chi connectivity index (χ1) is 7.03. The van der Waals surface area contributed by atoms with Crippen molar-refractivity contribution in [1.82, 2.24) is 4.90 Å². The van der Waals surface area contributed by atoms with Crippen LogP contribution in [0, 0.1) is 0 Å². The molecule has 1 aliphatic carbocycles. The van der Waals surface area contributed by atoms with Crippen LogP contribution in [0.2, 0.25) is 0 Å². The highest BCUT2D eigenvalue weighted by atomic mass is 35.7. The fourth-order valence-corrected chi connectivity index (χ4v) is 2.52. The predicted octanol–water partition coefficient (Wildman–Crippen LogP) is 2.21. The monoisotopic (exact) mass is 253 g/mol. The standard InChI is InChI=1S/C10H20ClNO2S/c1-2-3-7-12(10-5-6-10)8-4-9-15(11,13)14/h10H,2-9H2,1H3. The summed E-state index contributed by atoms with van der Waals surface area (Å²) >= 11 is 0. The van der Waals surface area contributed by atoms with E-state index in [4.69, 9.17) is 10.7 Å². The van der Waals surface area contributed by atoms with Gasteiger partial charge in [0, 0.05) is 16.7 Å². The maximum absolute atomic E-state index is 10.8. The average molecular weight is 254 g/mol. The normalized spacial score (nSPS) is 17.3. The second-order valence-corrected chi connectivity index (χ2v) is 7.11. The van der Waals surface area contributed by atoms with Crippen LogP contribution in [0.15, 0.2) is 0 Å². The fraction of sp³-hybridized carbons (Fsp3) is 1.00. The lowest BCUT2D eigenvalue weighted by Gasteiger charge is -2.21. The molecule has 0 N–H and O–H groups in total. The van der Waals surface area contributed by atoms with Crippen LogP contribution >= 0.6 is 10.7 Å². The molecule has 0 spiro atoms. The summed E-state index contributed by atoms with van der Waals surface area (Å²) < 4.78 is 21.5. The molecule has 0 amide bonds. The minimum atomic E-state index is -3.30. The highest BCUT2D eigenvalue weighted by Crippen LogP contribution is 2.27. The molecular weight excluding hydrogens is 234 g/mol. The zero-order valence-electron chi connectivity index (χ0n) is 9.28.